The Morgan fingerprint density at radius 1 is 0.375 bits per heavy atom. The van der Waals surface area contributed by atoms with Crippen LogP contribution in [0, 0.1) is 0 Å². The summed E-state index contributed by atoms with van der Waals surface area (Å²) >= 11 is 0. The standard InChI is InChI=1S/C54H39NO/c1-53(2)45-17-8-5-12-37(45)39-26-22-34(29-47(39)53)33-23-27-49-43(28-33)44-30-42-38-13-6-9-18-46(38)54(3,4)48(42)31-50(44)55(49)35-24-20-32(21-25-35)36-15-11-16-41-40-14-7-10-19-51(40)56-52(36)41/h5-31H,1-4H3. The van der Waals surface area contributed by atoms with Crippen LogP contribution in [0.25, 0.3) is 93.9 Å². The van der Waals surface area contributed by atoms with Crippen molar-refractivity contribution in [1.82, 2.24) is 4.57 Å². The highest BCUT2D eigenvalue weighted by atomic mass is 16.3. The topological polar surface area (TPSA) is 18.1 Å². The molecule has 266 valence electrons. The summed E-state index contributed by atoms with van der Waals surface area (Å²) in [5.74, 6) is 0. The molecule has 2 nitrogen and oxygen atoms in total. The highest BCUT2D eigenvalue weighted by Crippen LogP contribution is 2.52. The van der Waals surface area contributed by atoms with Crippen molar-refractivity contribution in [3.63, 3.8) is 0 Å². The molecule has 56 heavy (non-hydrogen) atoms. The van der Waals surface area contributed by atoms with Gasteiger partial charge in [0.25, 0.3) is 0 Å². The molecule has 12 rings (SSSR count). The summed E-state index contributed by atoms with van der Waals surface area (Å²) in [4.78, 5) is 0. The first-order valence-electron chi connectivity index (χ1n) is 19.8. The Kier molecular flexibility index (Phi) is 6.22. The molecule has 0 spiro atoms. The lowest BCUT2D eigenvalue weighted by atomic mass is 9.81. The molecule has 2 aromatic heterocycles. The molecule has 0 fully saturated rings. The van der Waals surface area contributed by atoms with Crippen LogP contribution < -0.4 is 0 Å². The van der Waals surface area contributed by atoms with Gasteiger partial charge in [-0.25, -0.2) is 0 Å². The van der Waals surface area contributed by atoms with E-state index in [4.69, 9.17) is 4.42 Å². The summed E-state index contributed by atoms with van der Waals surface area (Å²) in [5.41, 5.74) is 21.0. The first kappa shape index (κ1) is 31.7. The summed E-state index contributed by atoms with van der Waals surface area (Å²) in [5, 5.41) is 4.84. The number of hydrogen-bond donors (Lipinski definition) is 0. The zero-order valence-corrected chi connectivity index (χ0v) is 31.9. The van der Waals surface area contributed by atoms with Crippen molar-refractivity contribution in [3.8, 4) is 50.2 Å². The van der Waals surface area contributed by atoms with Crippen LogP contribution >= 0.6 is 0 Å². The maximum absolute atomic E-state index is 6.44. The Morgan fingerprint density at radius 2 is 0.946 bits per heavy atom. The third-order valence-electron chi connectivity index (χ3n) is 13.2. The van der Waals surface area contributed by atoms with Crippen LogP contribution in [0.1, 0.15) is 49.9 Å². The van der Waals surface area contributed by atoms with E-state index in [1.165, 1.54) is 77.4 Å². The van der Waals surface area contributed by atoms with Crippen LogP contribution in [0.4, 0.5) is 0 Å². The van der Waals surface area contributed by atoms with Gasteiger partial charge < -0.3 is 8.98 Å². The normalized spacial score (nSPS) is 14.7. The number of nitrogens with zero attached hydrogens (tertiary/aromatic N) is 1. The van der Waals surface area contributed by atoms with Crippen molar-refractivity contribution in [1.29, 1.82) is 0 Å². The van der Waals surface area contributed by atoms with Crippen molar-refractivity contribution in [2.75, 3.05) is 0 Å². The first-order valence-corrected chi connectivity index (χ1v) is 19.8. The van der Waals surface area contributed by atoms with Crippen molar-refractivity contribution in [2.24, 2.45) is 0 Å². The van der Waals surface area contributed by atoms with Crippen LogP contribution in [0.5, 0.6) is 0 Å². The maximum Gasteiger partial charge on any atom is 0.143 e. The molecule has 0 radical (unpaired) electrons. The summed E-state index contributed by atoms with van der Waals surface area (Å²) in [6.07, 6.45) is 0. The molecule has 10 aromatic rings. The molecular weight excluding hydrogens is 679 g/mol. The molecule has 0 saturated carbocycles. The molecule has 0 aliphatic heterocycles. The molecule has 0 amide bonds. The van der Waals surface area contributed by atoms with E-state index >= 15 is 0 Å². The van der Waals surface area contributed by atoms with Gasteiger partial charge in [-0.05, 0) is 110 Å². The van der Waals surface area contributed by atoms with E-state index in [1.807, 2.05) is 6.07 Å². The van der Waals surface area contributed by atoms with Gasteiger partial charge in [-0.2, -0.15) is 0 Å². The summed E-state index contributed by atoms with van der Waals surface area (Å²) in [7, 11) is 0. The minimum Gasteiger partial charge on any atom is -0.455 e. The van der Waals surface area contributed by atoms with Gasteiger partial charge in [-0.1, -0.05) is 143 Å². The average Bonchev–Trinajstić information content (AvgIpc) is 3.91. The number of rotatable bonds is 3. The van der Waals surface area contributed by atoms with Gasteiger partial charge in [0.1, 0.15) is 11.2 Å². The number of benzene rings is 8. The molecule has 0 bridgehead atoms. The van der Waals surface area contributed by atoms with Crippen molar-refractivity contribution in [2.45, 2.75) is 38.5 Å². The summed E-state index contributed by atoms with van der Waals surface area (Å²) in [6, 6.07) is 60.8. The molecule has 0 atom stereocenters. The van der Waals surface area contributed by atoms with Gasteiger partial charge in [0.05, 0.1) is 11.0 Å². The second kappa shape index (κ2) is 11.0. The summed E-state index contributed by atoms with van der Waals surface area (Å²) in [6.45, 7) is 9.46. The van der Waals surface area contributed by atoms with Crippen LogP contribution in [-0.4, -0.2) is 4.57 Å². The van der Waals surface area contributed by atoms with Crippen LogP contribution in [0.15, 0.2) is 168 Å². The monoisotopic (exact) mass is 717 g/mol. The van der Waals surface area contributed by atoms with Crippen LogP contribution in [0.3, 0.4) is 0 Å². The largest absolute Gasteiger partial charge is 0.455 e. The second-order valence-electron chi connectivity index (χ2n) is 16.9. The highest BCUT2D eigenvalue weighted by Gasteiger charge is 2.37. The van der Waals surface area contributed by atoms with Crippen LogP contribution in [-0.2, 0) is 10.8 Å². The molecule has 8 aromatic carbocycles. The van der Waals surface area contributed by atoms with E-state index in [-0.39, 0.29) is 10.8 Å². The molecule has 2 heteroatoms. The third-order valence-corrected chi connectivity index (χ3v) is 13.2. The lowest BCUT2D eigenvalue weighted by Crippen LogP contribution is -2.14. The third kappa shape index (κ3) is 4.16. The number of para-hydroxylation sites is 2. The Labute approximate surface area is 326 Å². The number of aromatic nitrogens is 1. The van der Waals surface area contributed by atoms with Gasteiger partial charge in [-0.3, -0.25) is 0 Å². The van der Waals surface area contributed by atoms with Crippen LogP contribution in [0.2, 0.25) is 0 Å². The fraction of sp³-hybridized carbons (Fsp3) is 0.111. The Bertz CT molecular complexity index is 3290. The van der Waals surface area contributed by atoms with Gasteiger partial charge in [0, 0.05) is 43.6 Å². The Balaban J connectivity index is 1.05. The Morgan fingerprint density at radius 3 is 1.73 bits per heavy atom. The van der Waals surface area contributed by atoms with Crippen molar-refractivity contribution >= 4 is 43.7 Å². The zero-order chi connectivity index (χ0) is 37.5. The predicted molar refractivity (Wildman–Crippen MR) is 234 cm³/mol. The number of furan rings is 1. The molecule has 2 aliphatic carbocycles. The molecule has 0 unspecified atom stereocenters. The number of hydrogen-bond acceptors (Lipinski definition) is 1. The Hall–Kier alpha value is -6.64. The van der Waals surface area contributed by atoms with E-state index in [2.05, 4.69) is 190 Å². The van der Waals surface area contributed by atoms with Crippen molar-refractivity contribution < 1.29 is 4.42 Å². The highest BCUT2D eigenvalue weighted by molar-refractivity contribution is 6.13. The molecule has 2 aliphatic rings. The average molecular weight is 718 g/mol. The molecular formula is C54H39NO. The van der Waals surface area contributed by atoms with Crippen molar-refractivity contribution in [3.05, 3.63) is 186 Å². The van der Waals surface area contributed by atoms with E-state index in [9.17, 15) is 0 Å². The molecule has 2 heterocycles. The summed E-state index contributed by atoms with van der Waals surface area (Å²) < 4.78 is 8.91. The molecule has 0 saturated heterocycles. The lowest BCUT2D eigenvalue weighted by Gasteiger charge is -2.22. The zero-order valence-electron chi connectivity index (χ0n) is 31.9. The maximum atomic E-state index is 6.44. The minimum absolute atomic E-state index is 0.0507. The van der Waals surface area contributed by atoms with E-state index in [1.54, 1.807) is 0 Å². The van der Waals surface area contributed by atoms with Gasteiger partial charge in [0.2, 0.25) is 0 Å². The fourth-order valence-corrected chi connectivity index (χ4v) is 10.3. The van der Waals surface area contributed by atoms with E-state index < -0.39 is 0 Å². The SMILES string of the molecule is CC1(C)c2ccccc2-c2ccc(-c3ccc4c(c3)c3cc5c(cc3n4-c3ccc(-c4cccc6c4oc4ccccc46)cc3)C(C)(C)c3ccccc3-5)cc21. The predicted octanol–water partition coefficient (Wildman–Crippen LogP) is 14.6. The van der Waals surface area contributed by atoms with E-state index in [0.29, 0.717) is 0 Å². The quantitative estimate of drug-likeness (QED) is 0.178. The second-order valence-corrected chi connectivity index (χ2v) is 16.9. The van der Waals surface area contributed by atoms with E-state index in [0.717, 1.165) is 38.8 Å². The van der Waals surface area contributed by atoms with Gasteiger partial charge >= 0.3 is 0 Å². The number of fused-ring (bicyclic) bond motifs is 12. The van der Waals surface area contributed by atoms with Gasteiger partial charge in [-0.15, -0.1) is 0 Å². The molecule has 0 N–H and O–H groups in total. The van der Waals surface area contributed by atoms with Gasteiger partial charge in [0.15, 0.2) is 0 Å². The first-order chi connectivity index (χ1) is 27.3. The fourth-order valence-electron chi connectivity index (χ4n) is 10.3. The smallest absolute Gasteiger partial charge is 0.143 e. The minimum atomic E-state index is -0.101. The lowest BCUT2D eigenvalue weighted by molar-refractivity contribution is 0.660.